The molecule has 0 heteroatoms. The second-order valence-electron chi connectivity index (χ2n) is 28.1. The Bertz CT molecular complexity index is 878. The van der Waals surface area contributed by atoms with Gasteiger partial charge in [-0.05, 0) is 170 Å². The van der Waals surface area contributed by atoms with Crippen molar-refractivity contribution in [2.24, 2.45) is 92.7 Å². The van der Waals surface area contributed by atoms with Gasteiger partial charge in [0.2, 0.25) is 0 Å². The van der Waals surface area contributed by atoms with E-state index in [1.54, 1.807) is 0 Å². The molecule has 0 unspecified atom stereocenters. The molecule has 0 heterocycles. The summed E-state index contributed by atoms with van der Waals surface area (Å²) in [5.74, 6) is 12.3. The minimum atomic E-state index is 0. The van der Waals surface area contributed by atoms with Gasteiger partial charge in [0.05, 0.1) is 0 Å². The van der Waals surface area contributed by atoms with Crippen LogP contribution in [0.2, 0.25) is 0 Å². The Kier molecular flexibility index (Phi) is 75.7. The van der Waals surface area contributed by atoms with Crippen molar-refractivity contribution in [3.63, 3.8) is 0 Å². The van der Waals surface area contributed by atoms with Crippen molar-refractivity contribution < 1.29 is 0 Å². The Morgan fingerprint density at radius 1 is 0.182 bits per heavy atom. The van der Waals surface area contributed by atoms with E-state index in [4.69, 9.17) is 0 Å². The van der Waals surface area contributed by atoms with Crippen LogP contribution >= 0.6 is 0 Å². The Labute approximate surface area is 501 Å². The molecule has 0 radical (unpaired) electrons. The molecule has 0 amide bonds. The first kappa shape index (κ1) is 96.2. The Hall–Kier alpha value is 0. The summed E-state index contributed by atoms with van der Waals surface area (Å²) in [5.41, 5.74) is 2.71. The Balaban J connectivity index is -0.0000000944. The topological polar surface area (TPSA) is 0 Å². The molecule has 0 aliphatic heterocycles. The smallest absolute Gasteiger partial charge is 0.0349 e. The van der Waals surface area contributed by atoms with Crippen molar-refractivity contribution >= 4 is 0 Å². The van der Waals surface area contributed by atoms with Gasteiger partial charge in [-0.3, -0.25) is 0 Å². The van der Waals surface area contributed by atoms with Crippen LogP contribution in [0.5, 0.6) is 0 Å². The molecule has 0 N–H and O–H groups in total. The van der Waals surface area contributed by atoms with Gasteiger partial charge >= 0.3 is 0 Å². The highest BCUT2D eigenvalue weighted by Gasteiger charge is 2.33. The van der Waals surface area contributed by atoms with Crippen molar-refractivity contribution in [1.29, 1.82) is 0 Å². The van der Waals surface area contributed by atoms with Crippen LogP contribution in [0.1, 0.15) is 411 Å². The summed E-state index contributed by atoms with van der Waals surface area (Å²) in [7, 11) is 0. The van der Waals surface area contributed by atoms with Crippen LogP contribution in [-0.2, 0) is 0 Å². The quantitative estimate of drug-likeness (QED) is 0.227. The number of hydrogen-bond donors (Lipinski definition) is 0. The molecule has 77 heavy (non-hydrogen) atoms. The molecule has 0 atom stereocenters. The van der Waals surface area contributed by atoms with E-state index in [0.29, 0.717) is 21.7 Å². The van der Waals surface area contributed by atoms with Crippen LogP contribution in [-0.4, -0.2) is 0 Å². The van der Waals surface area contributed by atoms with E-state index in [1.807, 2.05) is 111 Å². The first-order valence-electron chi connectivity index (χ1n) is 35.6. The van der Waals surface area contributed by atoms with Gasteiger partial charge in [-0.1, -0.05) is 334 Å². The van der Waals surface area contributed by atoms with Crippen LogP contribution in [0.3, 0.4) is 0 Å². The van der Waals surface area contributed by atoms with Gasteiger partial charge < -0.3 is 0 Å². The fraction of sp³-hybridized carbons (Fsp3) is 1.00. The van der Waals surface area contributed by atoms with E-state index in [9.17, 15) is 0 Å². The molecule has 0 bridgehead atoms. The molecule has 8 aliphatic rings. The Morgan fingerprint density at radius 2 is 0.312 bits per heavy atom. The maximum atomic E-state index is 2.39. The molecule has 8 rings (SSSR count). The summed E-state index contributed by atoms with van der Waals surface area (Å²) in [5, 5.41) is 0. The van der Waals surface area contributed by atoms with E-state index in [2.05, 4.69) is 138 Å². The lowest BCUT2D eigenvalue weighted by Crippen LogP contribution is -2.29. The van der Waals surface area contributed by atoms with Crippen LogP contribution in [0, 0.1) is 92.7 Å². The molecule has 0 aromatic carbocycles. The minimum absolute atomic E-state index is 0. The van der Waals surface area contributed by atoms with E-state index < -0.39 is 0 Å². The fourth-order valence-electron chi connectivity index (χ4n) is 12.2. The van der Waals surface area contributed by atoms with Crippen molar-refractivity contribution in [3.05, 3.63) is 0 Å². The highest BCUT2D eigenvalue weighted by atomic mass is 14.4. The lowest BCUT2D eigenvalue weighted by molar-refractivity contribution is 0.111. The minimum Gasteiger partial charge on any atom is -0.0776 e. The summed E-state index contributed by atoms with van der Waals surface area (Å²) in [6.45, 7) is 79.0. The molecule has 8 aliphatic carbocycles. The predicted molar refractivity (Wildman–Crippen MR) is 373 cm³/mol. The summed E-state index contributed by atoms with van der Waals surface area (Å²) in [4.78, 5) is 0. The van der Waals surface area contributed by atoms with Crippen LogP contribution in [0.15, 0.2) is 0 Å². The first-order chi connectivity index (χ1) is 35.6. The molecular formula is C77H172. The fourth-order valence-corrected chi connectivity index (χ4v) is 12.2. The lowest BCUT2D eigenvalue weighted by atomic mass is 9.65. The number of rotatable bonds is 0. The maximum absolute atomic E-state index is 2.39. The van der Waals surface area contributed by atoms with Gasteiger partial charge in [-0.25, -0.2) is 0 Å². The van der Waals surface area contributed by atoms with Gasteiger partial charge in [0.1, 0.15) is 0 Å². The second-order valence-corrected chi connectivity index (χ2v) is 28.1. The van der Waals surface area contributed by atoms with Crippen molar-refractivity contribution in [3.8, 4) is 0 Å². The molecule has 0 nitrogen and oxygen atoms in total. The summed E-state index contributed by atoms with van der Waals surface area (Å²) in [6, 6.07) is 0. The average molecular weight is 1100 g/mol. The summed E-state index contributed by atoms with van der Waals surface area (Å²) >= 11 is 0. The zero-order valence-electron chi connectivity index (χ0n) is 61.9. The zero-order valence-corrected chi connectivity index (χ0v) is 61.9. The van der Waals surface area contributed by atoms with Gasteiger partial charge in [-0.2, -0.15) is 0 Å². The van der Waals surface area contributed by atoms with Crippen LogP contribution in [0.4, 0.5) is 0 Å². The lowest BCUT2D eigenvalue weighted by Gasteiger charge is -2.40. The molecule has 0 aromatic rings. The second kappa shape index (κ2) is 60.6. The summed E-state index contributed by atoms with van der Waals surface area (Å²) in [6.07, 6.45) is 35.0. The third kappa shape index (κ3) is 65.0. The third-order valence-corrected chi connectivity index (χ3v) is 16.7. The van der Waals surface area contributed by atoms with Crippen LogP contribution in [0.25, 0.3) is 0 Å². The van der Waals surface area contributed by atoms with Crippen molar-refractivity contribution in [2.45, 2.75) is 411 Å². The van der Waals surface area contributed by atoms with Gasteiger partial charge in [0.15, 0.2) is 0 Å². The SMILES string of the molecule is C.CC.CC.CC.CC.CC.CC.CC.CC.CC1CC(C)(C)C1.CC1CC(C)(C)C1.CC1CC(C)C1.CC1CC(C)C1.CC1CCC(C)(C)CC1.CC1CCC(C)(C)CC1.CC1CCC(C)CC1.CC1CCC(C)CC1. The van der Waals surface area contributed by atoms with E-state index in [-0.39, 0.29) is 7.43 Å². The van der Waals surface area contributed by atoms with Gasteiger partial charge in [0, 0.05) is 0 Å². The summed E-state index contributed by atoms with van der Waals surface area (Å²) < 4.78 is 0. The standard InChI is InChI=1S/2C9H18.2C8H16.2C7H14.2C6H12.8C2H6.CH4/c2*1-8-4-6-9(2,3)7-5-8;2*1-7-3-5-8(2)6-4-7;2*1-6-4-7(2,3)5-6;2*1-5-3-6(2)4-5;8*1-2;/h2*8H,4-7H2,1-3H3;2*7-8H,3-6H2,1-2H3;2*6H,4-5H2,1-3H3;2*5-6H,3-4H2,1-2H3;8*1-2H3;1H4. The van der Waals surface area contributed by atoms with E-state index in [0.717, 1.165) is 71.0 Å². The van der Waals surface area contributed by atoms with E-state index >= 15 is 0 Å². The monoisotopic (exact) mass is 1100 g/mol. The zero-order chi connectivity index (χ0) is 61.9. The molecule has 0 aromatic heterocycles. The molecule has 0 spiro atoms. The predicted octanol–water partition coefficient (Wildman–Crippen LogP) is 29.9. The average Bonchev–Trinajstić information content (AvgIpc) is 3.37. The molecule has 8 fully saturated rings. The largest absolute Gasteiger partial charge is 0.0776 e. The highest BCUT2D eigenvalue weighted by Crippen LogP contribution is 2.45. The van der Waals surface area contributed by atoms with Crippen LogP contribution < -0.4 is 0 Å². The molecule has 480 valence electrons. The molecule has 0 saturated heterocycles. The first-order valence-corrected chi connectivity index (χ1v) is 35.6. The maximum Gasteiger partial charge on any atom is -0.0349 e. The number of hydrogen-bond acceptors (Lipinski definition) is 0. The highest BCUT2D eigenvalue weighted by molar-refractivity contribution is 4.84. The third-order valence-electron chi connectivity index (χ3n) is 16.7. The molecular weight excluding hydrogens is 925 g/mol. The Morgan fingerprint density at radius 3 is 0.377 bits per heavy atom. The van der Waals surface area contributed by atoms with Gasteiger partial charge in [0.25, 0.3) is 0 Å². The van der Waals surface area contributed by atoms with E-state index in [1.165, 1.54) is 154 Å². The van der Waals surface area contributed by atoms with Crippen molar-refractivity contribution in [1.82, 2.24) is 0 Å². The van der Waals surface area contributed by atoms with Gasteiger partial charge in [-0.15, -0.1) is 0 Å². The van der Waals surface area contributed by atoms with Crippen molar-refractivity contribution in [2.75, 3.05) is 0 Å². The normalized spacial score (nSPS) is 27.9. The molecule has 8 saturated carbocycles.